The summed E-state index contributed by atoms with van der Waals surface area (Å²) in [5, 5.41) is 18.7. The average molecular weight is 270 g/mol. The summed E-state index contributed by atoms with van der Waals surface area (Å²) in [5.41, 5.74) is 1.34. The third kappa shape index (κ3) is 3.19. The Balaban J connectivity index is 2.39. The van der Waals surface area contributed by atoms with Crippen LogP contribution in [-0.4, -0.2) is 16.7 Å². The average Bonchev–Trinajstić information content (AvgIpc) is 2.48. The Morgan fingerprint density at radius 2 is 1.90 bits per heavy atom. The standard InChI is InChI=1S/C16H15FN2O/c17-16-8-4-7-15(19-16)13(9-10-20)14(11-18)12-5-2-1-3-6-12/h1-8,13-14,20H,9-10H2/t13-,14+/m0/s1. The maximum atomic E-state index is 13.3. The molecule has 1 N–H and O–H groups in total. The van der Waals surface area contributed by atoms with Crippen LogP contribution < -0.4 is 0 Å². The first-order valence-electron chi connectivity index (χ1n) is 6.44. The second-order valence-electron chi connectivity index (χ2n) is 4.52. The molecule has 0 aliphatic carbocycles. The van der Waals surface area contributed by atoms with Crippen LogP contribution >= 0.6 is 0 Å². The quantitative estimate of drug-likeness (QED) is 0.850. The molecule has 0 radical (unpaired) electrons. The van der Waals surface area contributed by atoms with Crippen molar-refractivity contribution in [2.45, 2.75) is 18.3 Å². The van der Waals surface area contributed by atoms with Crippen LogP contribution in [-0.2, 0) is 0 Å². The lowest BCUT2D eigenvalue weighted by Crippen LogP contribution is -2.13. The summed E-state index contributed by atoms with van der Waals surface area (Å²) in [4.78, 5) is 3.86. The lowest BCUT2D eigenvalue weighted by atomic mass is 9.82. The first kappa shape index (κ1) is 14.2. The molecular formula is C16H15FN2O. The van der Waals surface area contributed by atoms with Gasteiger partial charge in [-0.3, -0.25) is 0 Å². The van der Waals surface area contributed by atoms with E-state index in [2.05, 4.69) is 11.1 Å². The highest BCUT2D eigenvalue weighted by Crippen LogP contribution is 2.34. The summed E-state index contributed by atoms with van der Waals surface area (Å²) in [6, 6.07) is 16.1. The predicted molar refractivity (Wildman–Crippen MR) is 73.4 cm³/mol. The van der Waals surface area contributed by atoms with Crippen molar-refractivity contribution in [3.63, 3.8) is 0 Å². The van der Waals surface area contributed by atoms with E-state index in [-0.39, 0.29) is 12.5 Å². The number of benzene rings is 1. The number of rotatable bonds is 5. The first-order valence-corrected chi connectivity index (χ1v) is 6.44. The zero-order chi connectivity index (χ0) is 14.4. The van der Waals surface area contributed by atoms with Gasteiger partial charge in [0.2, 0.25) is 5.95 Å². The smallest absolute Gasteiger partial charge is 0.213 e. The van der Waals surface area contributed by atoms with Crippen molar-refractivity contribution in [1.82, 2.24) is 4.98 Å². The van der Waals surface area contributed by atoms with Crippen LogP contribution in [0.3, 0.4) is 0 Å². The lowest BCUT2D eigenvalue weighted by Gasteiger charge is -2.21. The van der Waals surface area contributed by atoms with Crippen molar-refractivity contribution in [3.05, 3.63) is 65.7 Å². The summed E-state index contributed by atoms with van der Waals surface area (Å²) in [7, 11) is 0. The zero-order valence-corrected chi connectivity index (χ0v) is 10.9. The van der Waals surface area contributed by atoms with Crippen LogP contribution in [0.25, 0.3) is 0 Å². The van der Waals surface area contributed by atoms with Crippen LogP contribution in [0.4, 0.5) is 4.39 Å². The minimum absolute atomic E-state index is 0.0755. The second-order valence-corrected chi connectivity index (χ2v) is 4.52. The molecule has 1 aromatic carbocycles. The van der Waals surface area contributed by atoms with Crippen molar-refractivity contribution >= 4 is 0 Å². The molecular weight excluding hydrogens is 255 g/mol. The van der Waals surface area contributed by atoms with E-state index in [4.69, 9.17) is 0 Å². The Kier molecular flexibility index (Phi) is 4.80. The number of hydrogen-bond acceptors (Lipinski definition) is 3. The molecule has 0 amide bonds. The first-order chi connectivity index (χ1) is 9.76. The minimum atomic E-state index is -0.574. The minimum Gasteiger partial charge on any atom is -0.396 e. The summed E-state index contributed by atoms with van der Waals surface area (Å²) in [6.07, 6.45) is 0.365. The maximum absolute atomic E-state index is 13.3. The number of aliphatic hydroxyl groups is 1. The topological polar surface area (TPSA) is 56.9 Å². The van der Waals surface area contributed by atoms with E-state index < -0.39 is 11.9 Å². The summed E-state index contributed by atoms with van der Waals surface area (Å²) >= 11 is 0. The third-order valence-corrected chi connectivity index (χ3v) is 3.26. The van der Waals surface area contributed by atoms with Gasteiger partial charge < -0.3 is 5.11 Å². The Labute approximate surface area is 117 Å². The van der Waals surface area contributed by atoms with Gasteiger partial charge >= 0.3 is 0 Å². The van der Waals surface area contributed by atoms with E-state index in [9.17, 15) is 14.8 Å². The number of aromatic nitrogens is 1. The molecule has 0 saturated carbocycles. The monoisotopic (exact) mass is 270 g/mol. The molecule has 20 heavy (non-hydrogen) atoms. The van der Waals surface area contributed by atoms with Gasteiger partial charge in [-0.2, -0.15) is 9.65 Å². The molecule has 1 aromatic heterocycles. The van der Waals surface area contributed by atoms with E-state index in [0.717, 1.165) is 5.56 Å². The largest absolute Gasteiger partial charge is 0.396 e. The van der Waals surface area contributed by atoms with E-state index in [1.807, 2.05) is 30.3 Å². The fraction of sp³-hybridized carbons (Fsp3) is 0.250. The highest BCUT2D eigenvalue weighted by molar-refractivity contribution is 5.30. The van der Waals surface area contributed by atoms with Crippen LogP contribution in [0.5, 0.6) is 0 Å². The van der Waals surface area contributed by atoms with Crippen molar-refractivity contribution in [2.75, 3.05) is 6.61 Å². The molecule has 3 nitrogen and oxygen atoms in total. The second kappa shape index (κ2) is 6.78. The number of nitriles is 1. The van der Waals surface area contributed by atoms with Crippen LogP contribution in [0.1, 0.15) is 29.5 Å². The van der Waals surface area contributed by atoms with Crippen molar-refractivity contribution in [2.24, 2.45) is 0 Å². The number of halogens is 1. The van der Waals surface area contributed by atoms with E-state index in [1.54, 1.807) is 12.1 Å². The van der Waals surface area contributed by atoms with Gasteiger partial charge in [-0.25, -0.2) is 4.98 Å². The van der Waals surface area contributed by atoms with Crippen LogP contribution in [0.2, 0.25) is 0 Å². The molecule has 2 aromatic rings. The molecule has 0 aliphatic heterocycles. The molecule has 2 atom stereocenters. The SMILES string of the molecule is N#C[C@H](c1ccccc1)[C@H](CCO)c1cccc(F)n1. The molecule has 4 heteroatoms. The van der Waals surface area contributed by atoms with Gasteiger partial charge in [0, 0.05) is 18.2 Å². The molecule has 2 rings (SSSR count). The Bertz CT molecular complexity index is 595. The maximum Gasteiger partial charge on any atom is 0.213 e. The van der Waals surface area contributed by atoms with Gasteiger partial charge in [-0.15, -0.1) is 0 Å². The lowest BCUT2D eigenvalue weighted by molar-refractivity contribution is 0.270. The summed E-state index contributed by atoms with van der Waals surface area (Å²) in [6.45, 7) is -0.0755. The van der Waals surface area contributed by atoms with Crippen LogP contribution in [0.15, 0.2) is 48.5 Å². The van der Waals surface area contributed by atoms with Gasteiger partial charge in [0.15, 0.2) is 0 Å². The number of hydrogen-bond donors (Lipinski definition) is 1. The Morgan fingerprint density at radius 1 is 1.15 bits per heavy atom. The van der Waals surface area contributed by atoms with Gasteiger partial charge in [0.05, 0.1) is 12.0 Å². The third-order valence-electron chi connectivity index (χ3n) is 3.26. The number of nitrogens with zero attached hydrogens (tertiary/aromatic N) is 2. The summed E-state index contributed by atoms with van der Waals surface area (Å²) < 4.78 is 13.3. The highest BCUT2D eigenvalue weighted by atomic mass is 19.1. The van der Waals surface area contributed by atoms with Gasteiger partial charge in [-0.05, 0) is 24.1 Å². The zero-order valence-electron chi connectivity index (χ0n) is 10.9. The molecule has 0 spiro atoms. The predicted octanol–water partition coefficient (Wildman–Crippen LogP) is 2.99. The normalized spacial score (nSPS) is 13.4. The van der Waals surface area contributed by atoms with Gasteiger partial charge in [-0.1, -0.05) is 36.4 Å². The number of pyridine rings is 1. The van der Waals surface area contributed by atoms with Crippen molar-refractivity contribution in [3.8, 4) is 6.07 Å². The molecule has 0 fully saturated rings. The van der Waals surface area contributed by atoms with Crippen LogP contribution in [0, 0.1) is 17.3 Å². The highest BCUT2D eigenvalue weighted by Gasteiger charge is 2.25. The molecule has 1 heterocycles. The fourth-order valence-electron chi connectivity index (χ4n) is 2.31. The van der Waals surface area contributed by atoms with E-state index >= 15 is 0 Å². The van der Waals surface area contributed by atoms with Crippen molar-refractivity contribution in [1.29, 1.82) is 5.26 Å². The molecule has 0 aliphatic rings. The Morgan fingerprint density at radius 3 is 2.50 bits per heavy atom. The van der Waals surface area contributed by atoms with Crippen molar-refractivity contribution < 1.29 is 9.50 Å². The van der Waals surface area contributed by atoms with Gasteiger partial charge in [0.25, 0.3) is 0 Å². The molecule has 0 bridgehead atoms. The van der Waals surface area contributed by atoms with E-state index in [1.165, 1.54) is 6.07 Å². The fourth-order valence-corrected chi connectivity index (χ4v) is 2.31. The molecule has 102 valence electrons. The van der Waals surface area contributed by atoms with E-state index in [0.29, 0.717) is 12.1 Å². The summed E-state index contributed by atoms with van der Waals surface area (Å²) in [5.74, 6) is -1.36. The molecule has 0 saturated heterocycles. The molecule has 0 unspecified atom stereocenters. The van der Waals surface area contributed by atoms with Gasteiger partial charge in [0.1, 0.15) is 0 Å². The Hall–Kier alpha value is -2.25. The number of aliphatic hydroxyl groups excluding tert-OH is 1.